The van der Waals surface area contributed by atoms with E-state index >= 15 is 0 Å². The van der Waals surface area contributed by atoms with E-state index in [4.69, 9.17) is 4.74 Å². The fourth-order valence-electron chi connectivity index (χ4n) is 1.83. The van der Waals surface area contributed by atoms with Crippen LogP contribution in [0.15, 0.2) is 22.7 Å². The first-order valence-electron chi connectivity index (χ1n) is 6.53. The third kappa shape index (κ3) is 4.11. The van der Waals surface area contributed by atoms with Crippen molar-refractivity contribution in [1.29, 1.82) is 0 Å². The van der Waals surface area contributed by atoms with Crippen LogP contribution in [-0.2, 0) is 0 Å². The van der Waals surface area contributed by atoms with Crippen LogP contribution in [0.5, 0.6) is 5.75 Å². The zero-order valence-electron chi connectivity index (χ0n) is 12.0. The first kappa shape index (κ1) is 16.8. The molecule has 6 heteroatoms. The molecule has 20 heavy (non-hydrogen) atoms. The summed E-state index contributed by atoms with van der Waals surface area (Å²) in [5.74, 6) is 0.641. The van der Waals surface area contributed by atoms with Gasteiger partial charge in [-0.25, -0.2) is 4.79 Å². The molecule has 0 atom stereocenters. The molecule has 0 aliphatic heterocycles. The fraction of sp³-hybridized carbons (Fsp3) is 0.500. The van der Waals surface area contributed by atoms with Crippen molar-refractivity contribution >= 4 is 27.6 Å². The van der Waals surface area contributed by atoms with Crippen LogP contribution in [0.1, 0.15) is 26.7 Å². The molecule has 1 aromatic rings. The predicted molar refractivity (Wildman–Crippen MR) is 83.2 cm³/mol. The maximum absolute atomic E-state index is 12.0. The second kappa shape index (κ2) is 7.50. The van der Waals surface area contributed by atoms with E-state index in [1.54, 1.807) is 25.3 Å². The van der Waals surface area contributed by atoms with Gasteiger partial charge in [0, 0.05) is 11.8 Å². The molecule has 0 bridgehead atoms. The number of hydrogen-bond donors (Lipinski definition) is 3. The number of urea groups is 1. The van der Waals surface area contributed by atoms with E-state index in [1.165, 1.54) is 0 Å². The quantitative estimate of drug-likeness (QED) is 0.742. The van der Waals surface area contributed by atoms with Gasteiger partial charge >= 0.3 is 6.03 Å². The Morgan fingerprint density at radius 3 is 2.55 bits per heavy atom. The molecule has 112 valence electrons. The van der Waals surface area contributed by atoms with Crippen LogP contribution < -0.4 is 15.4 Å². The normalized spacial score (nSPS) is 11.1. The summed E-state index contributed by atoms with van der Waals surface area (Å²) in [6.07, 6.45) is 1.33. The highest BCUT2D eigenvalue weighted by Gasteiger charge is 2.27. The highest BCUT2D eigenvalue weighted by molar-refractivity contribution is 9.10. The molecule has 0 saturated heterocycles. The van der Waals surface area contributed by atoms with Crippen molar-refractivity contribution in [3.63, 3.8) is 0 Å². The van der Waals surface area contributed by atoms with Crippen LogP contribution in [0.3, 0.4) is 0 Å². The number of methoxy groups -OCH3 is 1. The van der Waals surface area contributed by atoms with Crippen molar-refractivity contribution in [2.45, 2.75) is 32.2 Å². The molecule has 0 aromatic heterocycles. The molecule has 1 rings (SSSR count). The summed E-state index contributed by atoms with van der Waals surface area (Å²) in [4.78, 5) is 12.0. The number of rotatable bonds is 6. The number of benzene rings is 1. The minimum absolute atomic E-state index is 0.0862. The molecule has 0 fully saturated rings. The molecule has 0 unspecified atom stereocenters. The summed E-state index contributed by atoms with van der Waals surface area (Å²) in [7, 11) is 1.56. The van der Waals surface area contributed by atoms with Crippen molar-refractivity contribution in [3.05, 3.63) is 22.7 Å². The largest absolute Gasteiger partial charge is 0.495 e. The van der Waals surface area contributed by atoms with E-state index in [1.807, 2.05) is 13.8 Å². The van der Waals surface area contributed by atoms with Crippen LogP contribution in [0.2, 0.25) is 0 Å². The lowest BCUT2D eigenvalue weighted by molar-refractivity contribution is 0.155. The van der Waals surface area contributed by atoms with E-state index in [9.17, 15) is 9.90 Å². The maximum atomic E-state index is 12.0. The Hall–Kier alpha value is -1.27. The number of carbonyl (C=O) groups is 1. The number of aliphatic hydroxyl groups excluding tert-OH is 1. The lowest BCUT2D eigenvalue weighted by Crippen LogP contribution is -2.51. The number of ether oxygens (including phenoxy) is 1. The van der Waals surface area contributed by atoms with E-state index in [-0.39, 0.29) is 12.6 Å². The highest BCUT2D eigenvalue weighted by atomic mass is 79.9. The van der Waals surface area contributed by atoms with Gasteiger partial charge in [-0.1, -0.05) is 13.8 Å². The van der Waals surface area contributed by atoms with Gasteiger partial charge < -0.3 is 20.5 Å². The van der Waals surface area contributed by atoms with E-state index < -0.39 is 5.54 Å². The molecular formula is C14H21BrN2O3. The Morgan fingerprint density at radius 1 is 1.40 bits per heavy atom. The molecule has 0 aliphatic rings. The second-order valence-corrected chi connectivity index (χ2v) is 5.43. The van der Waals surface area contributed by atoms with Gasteiger partial charge in [-0.3, -0.25) is 0 Å². The summed E-state index contributed by atoms with van der Waals surface area (Å²) < 4.78 is 5.99. The molecular weight excluding hydrogens is 324 g/mol. The number of anilines is 1. The Kier molecular flexibility index (Phi) is 6.29. The first-order chi connectivity index (χ1) is 9.50. The molecule has 0 spiro atoms. The van der Waals surface area contributed by atoms with Gasteiger partial charge in [-0.2, -0.15) is 0 Å². The van der Waals surface area contributed by atoms with Gasteiger partial charge in [0.15, 0.2) is 0 Å². The summed E-state index contributed by atoms with van der Waals surface area (Å²) in [6.45, 7) is 3.78. The number of hydrogen-bond acceptors (Lipinski definition) is 3. The lowest BCUT2D eigenvalue weighted by Gasteiger charge is -2.30. The second-order valence-electron chi connectivity index (χ2n) is 4.57. The zero-order valence-corrected chi connectivity index (χ0v) is 13.6. The number of nitrogens with one attached hydrogen (secondary N) is 2. The molecule has 2 amide bonds. The van der Waals surface area contributed by atoms with Gasteiger partial charge in [0.05, 0.1) is 23.7 Å². The summed E-state index contributed by atoms with van der Waals surface area (Å²) in [5, 5.41) is 15.0. The lowest BCUT2D eigenvalue weighted by atomic mass is 9.94. The maximum Gasteiger partial charge on any atom is 0.319 e. The Labute approximate surface area is 127 Å². The highest BCUT2D eigenvalue weighted by Crippen LogP contribution is 2.27. The minimum atomic E-state index is -0.580. The Morgan fingerprint density at radius 2 is 2.05 bits per heavy atom. The van der Waals surface area contributed by atoms with Crippen LogP contribution in [0, 0.1) is 0 Å². The molecule has 0 heterocycles. The minimum Gasteiger partial charge on any atom is -0.495 e. The molecule has 5 nitrogen and oxygen atoms in total. The molecule has 3 N–H and O–H groups in total. The van der Waals surface area contributed by atoms with Gasteiger partial charge in [0.1, 0.15) is 5.75 Å². The number of amides is 2. The standard InChI is InChI=1S/C14H21BrN2O3/c1-4-14(5-2,9-18)17-13(19)16-10-6-7-11(15)12(8-10)20-3/h6-8,18H,4-5,9H2,1-3H3,(H2,16,17,19). The van der Waals surface area contributed by atoms with Crippen molar-refractivity contribution in [1.82, 2.24) is 5.32 Å². The van der Waals surface area contributed by atoms with Crippen LogP contribution in [0.4, 0.5) is 10.5 Å². The average molecular weight is 345 g/mol. The van der Waals surface area contributed by atoms with Crippen molar-refractivity contribution in [2.75, 3.05) is 19.0 Å². The first-order valence-corrected chi connectivity index (χ1v) is 7.33. The number of halogens is 1. The topological polar surface area (TPSA) is 70.6 Å². The van der Waals surface area contributed by atoms with Crippen molar-refractivity contribution in [3.8, 4) is 5.75 Å². The average Bonchev–Trinajstić information content (AvgIpc) is 2.47. The van der Waals surface area contributed by atoms with Gasteiger partial charge in [-0.05, 0) is 40.9 Å². The van der Waals surface area contributed by atoms with Crippen LogP contribution >= 0.6 is 15.9 Å². The SMILES string of the molecule is CCC(CC)(CO)NC(=O)Nc1ccc(Br)c(OC)c1. The number of carbonyl (C=O) groups excluding carboxylic acids is 1. The summed E-state index contributed by atoms with van der Waals surface area (Å²) in [5.41, 5.74) is 0.0466. The molecule has 0 saturated carbocycles. The smallest absolute Gasteiger partial charge is 0.319 e. The third-order valence-corrected chi connectivity index (χ3v) is 4.10. The predicted octanol–water partition coefficient (Wildman–Crippen LogP) is 3.13. The molecule has 1 aromatic carbocycles. The van der Waals surface area contributed by atoms with Crippen LogP contribution in [-0.4, -0.2) is 30.4 Å². The van der Waals surface area contributed by atoms with Gasteiger partial charge in [0.2, 0.25) is 0 Å². The van der Waals surface area contributed by atoms with E-state index in [0.29, 0.717) is 24.3 Å². The van der Waals surface area contributed by atoms with Crippen LogP contribution in [0.25, 0.3) is 0 Å². The van der Waals surface area contributed by atoms with E-state index in [2.05, 4.69) is 26.6 Å². The molecule has 0 aliphatic carbocycles. The summed E-state index contributed by atoms with van der Waals surface area (Å²) >= 11 is 3.35. The monoisotopic (exact) mass is 344 g/mol. The van der Waals surface area contributed by atoms with E-state index in [0.717, 1.165) is 4.47 Å². The van der Waals surface area contributed by atoms with Crippen molar-refractivity contribution < 1.29 is 14.6 Å². The van der Waals surface area contributed by atoms with Gasteiger partial charge in [-0.15, -0.1) is 0 Å². The number of aliphatic hydroxyl groups is 1. The third-order valence-electron chi connectivity index (χ3n) is 3.44. The van der Waals surface area contributed by atoms with Crippen molar-refractivity contribution in [2.24, 2.45) is 0 Å². The molecule has 0 radical (unpaired) electrons. The Bertz CT molecular complexity index is 453. The Balaban J connectivity index is 2.76. The fourth-order valence-corrected chi connectivity index (χ4v) is 2.24. The zero-order chi connectivity index (χ0) is 15.2. The summed E-state index contributed by atoms with van der Waals surface area (Å²) in [6, 6.07) is 4.95. The van der Waals surface area contributed by atoms with Gasteiger partial charge in [0.25, 0.3) is 0 Å².